The van der Waals surface area contributed by atoms with Gasteiger partial charge in [0.25, 0.3) is 0 Å². The molecule has 1 aliphatic rings. The smallest absolute Gasteiger partial charge is 0.346 e. The van der Waals surface area contributed by atoms with E-state index in [-0.39, 0.29) is 42.4 Å². The summed E-state index contributed by atoms with van der Waals surface area (Å²) in [5, 5.41) is 7.05. The van der Waals surface area contributed by atoms with Gasteiger partial charge in [-0.15, -0.1) is 0 Å². The Morgan fingerprint density at radius 2 is 1.76 bits per heavy atom. The molecule has 0 radical (unpaired) electrons. The Balaban J connectivity index is 1.45. The zero-order valence-electron chi connectivity index (χ0n) is 18.9. The van der Waals surface area contributed by atoms with E-state index in [1.165, 1.54) is 17.5 Å². The molecule has 1 aliphatic carbocycles. The Labute approximate surface area is 202 Å². The number of hydrogen-bond donors (Lipinski definition) is 1. The van der Waals surface area contributed by atoms with E-state index in [0.717, 1.165) is 19.3 Å². The fraction of sp³-hybridized carbons (Fsp3) is 0.308. The topological polar surface area (TPSA) is 98.5 Å². The summed E-state index contributed by atoms with van der Waals surface area (Å²) in [5.74, 6) is -1.35. The third kappa shape index (κ3) is 5.37. The van der Waals surface area contributed by atoms with Gasteiger partial charge >= 0.3 is 5.97 Å². The van der Waals surface area contributed by atoms with Gasteiger partial charge in [-0.25, -0.2) is 4.79 Å². The van der Waals surface area contributed by atoms with Crippen LogP contribution in [0.15, 0.2) is 47.0 Å². The van der Waals surface area contributed by atoms with Crippen LogP contribution in [0.3, 0.4) is 0 Å². The molecule has 0 aliphatic heterocycles. The molecule has 0 fully saturated rings. The average Bonchev–Trinajstić information content (AvgIpc) is 3.26. The highest BCUT2D eigenvalue weighted by atomic mass is 35.5. The molecule has 8 heteroatoms. The number of aryl methyl sites for hydroxylation is 2. The molecule has 0 bridgehead atoms. The lowest BCUT2D eigenvalue weighted by Crippen LogP contribution is -2.16. The minimum Gasteiger partial charge on any atom is -0.462 e. The average molecular weight is 481 g/mol. The highest BCUT2D eigenvalue weighted by Crippen LogP contribution is 2.31. The van der Waals surface area contributed by atoms with E-state index >= 15 is 0 Å². The van der Waals surface area contributed by atoms with Gasteiger partial charge in [0, 0.05) is 29.0 Å². The van der Waals surface area contributed by atoms with E-state index in [0.29, 0.717) is 16.1 Å². The van der Waals surface area contributed by atoms with Gasteiger partial charge in [0.15, 0.2) is 11.3 Å². The number of ether oxygens (including phenoxy) is 1. The Kier molecular flexibility index (Phi) is 7.43. The predicted molar refractivity (Wildman–Crippen MR) is 128 cm³/mol. The molecule has 4 rings (SSSR count). The van der Waals surface area contributed by atoms with Crippen molar-refractivity contribution >= 4 is 35.1 Å². The van der Waals surface area contributed by atoms with Crippen LogP contribution in [0.2, 0.25) is 5.02 Å². The Hall–Kier alpha value is -3.45. The summed E-state index contributed by atoms with van der Waals surface area (Å²) < 4.78 is 10.4. The zero-order valence-corrected chi connectivity index (χ0v) is 19.6. The van der Waals surface area contributed by atoms with Crippen LogP contribution in [-0.4, -0.2) is 29.4 Å². The number of nitrogens with zero attached hydrogens (tertiary/aromatic N) is 1. The number of ketones is 1. The highest BCUT2D eigenvalue weighted by molar-refractivity contribution is 6.30. The molecule has 1 amide bonds. The van der Waals surface area contributed by atoms with E-state index in [1.54, 1.807) is 31.2 Å². The van der Waals surface area contributed by atoms with Crippen molar-refractivity contribution in [1.82, 2.24) is 5.16 Å². The monoisotopic (exact) mass is 480 g/mol. The summed E-state index contributed by atoms with van der Waals surface area (Å²) in [5.41, 5.74) is 3.96. The van der Waals surface area contributed by atoms with Crippen LogP contribution in [0.5, 0.6) is 0 Å². The fourth-order valence-electron chi connectivity index (χ4n) is 4.04. The summed E-state index contributed by atoms with van der Waals surface area (Å²) in [4.78, 5) is 37.8. The number of nitrogens with one attached hydrogen (secondary N) is 1. The van der Waals surface area contributed by atoms with Gasteiger partial charge < -0.3 is 9.26 Å². The zero-order chi connectivity index (χ0) is 24.1. The standard InChI is InChI=1S/C26H25ClN2O5/c1-2-33-26(32)23-24(17-9-11-20(27)12-10-17)29-34-25(23)28-22(31)14-13-21(30)19-8-7-16-5-3-4-6-18(16)15-19/h7-12,15H,2-6,13-14H2,1H3,(H,28,31). The lowest BCUT2D eigenvalue weighted by Gasteiger charge is -2.16. The number of esters is 1. The molecular formula is C26H25ClN2O5. The number of rotatable bonds is 8. The second-order valence-corrected chi connectivity index (χ2v) is 8.56. The summed E-state index contributed by atoms with van der Waals surface area (Å²) in [6, 6.07) is 12.5. The normalized spacial score (nSPS) is 12.6. The molecule has 34 heavy (non-hydrogen) atoms. The van der Waals surface area contributed by atoms with Crippen molar-refractivity contribution in [3.63, 3.8) is 0 Å². The van der Waals surface area contributed by atoms with Crippen LogP contribution in [0, 0.1) is 0 Å². The van der Waals surface area contributed by atoms with Crippen molar-refractivity contribution in [2.24, 2.45) is 0 Å². The fourth-order valence-corrected chi connectivity index (χ4v) is 4.17. The second kappa shape index (κ2) is 10.7. The molecule has 0 saturated carbocycles. The first kappa shape index (κ1) is 23.7. The van der Waals surface area contributed by atoms with Crippen molar-refractivity contribution in [3.8, 4) is 11.3 Å². The molecule has 0 unspecified atom stereocenters. The van der Waals surface area contributed by atoms with Crippen LogP contribution in [0.1, 0.15) is 64.4 Å². The van der Waals surface area contributed by atoms with Crippen LogP contribution >= 0.6 is 11.6 Å². The van der Waals surface area contributed by atoms with E-state index in [9.17, 15) is 14.4 Å². The number of carbonyl (C=O) groups excluding carboxylic acids is 3. The maximum absolute atomic E-state index is 12.7. The maximum atomic E-state index is 12.7. The number of fused-ring (bicyclic) bond motifs is 1. The molecule has 2 aromatic carbocycles. The Morgan fingerprint density at radius 1 is 1.03 bits per heavy atom. The van der Waals surface area contributed by atoms with Gasteiger partial charge in [-0.3, -0.25) is 14.9 Å². The van der Waals surface area contributed by atoms with Crippen LogP contribution in [-0.2, 0) is 22.4 Å². The third-order valence-corrected chi connectivity index (χ3v) is 6.04. The van der Waals surface area contributed by atoms with Crippen molar-refractivity contribution in [2.45, 2.75) is 45.4 Å². The summed E-state index contributed by atoms with van der Waals surface area (Å²) in [7, 11) is 0. The number of halogens is 1. The molecule has 0 atom stereocenters. The lowest BCUT2D eigenvalue weighted by molar-refractivity contribution is -0.116. The van der Waals surface area contributed by atoms with Gasteiger partial charge in [0.05, 0.1) is 6.61 Å². The van der Waals surface area contributed by atoms with Crippen LogP contribution in [0.4, 0.5) is 5.88 Å². The minimum absolute atomic E-state index is 0.0125. The SMILES string of the molecule is CCOC(=O)c1c(-c2ccc(Cl)cc2)noc1NC(=O)CCC(=O)c1ccc2c(c1)CCCC2. The Morgan fingerprint density at radius 3 is 2.50 bits per heavy atom. The third-order valence-electron chi connectivity index (χ3n) is 5.79. The summed E-state index contributed by atoms with van der Waals surface area (Å²) >= 11 is 5.94. The Bertz CT molecular complexity index is 1220. The molecule has 0 saturated heterocycles. The van der Waals surface area contributed by atoms with Crippen molar-refractivity contribution in [2.75, 3.05) is 11.9 Å². The molecule has 7 nitrogen and oxygen atoms in total. The number of Topliss-reactive ketones (excluding diaryl/α,β-unsaturated/α-hetero) is 1. The number of aromatic nitrogens is 1. The van der Waals surface area contributed by atoms with Gasteiger partial charge in [-0.1, -0.05) is 41.0 Å². The highest BCUT2D eigenvalue weighted by Gasteiger charge is 2.27. The first-order valence-corrected chi connectivity index (χ1v) is 11.7. The van der Waals surface area contributed by atoms with Crippen LogP contribution in [0.25, 0.3) is 11.3 Å². The van der Waals surface area contributed by atoms with Crippen LogP contribution < -0.4 is 5.32 Å². The summed E-state index contributed by atoms with van der Waals surface area (Å²) in [6.07, 6.45) is 4.31. The molecular weight excluding hydrogens is 456 g/mol. The first-order chi connectivity index (χ1) is 16.5. The quantitative estimate of drug-likeness (QED) is 0.330. The number of carbonyl (C=O) groups is 3. The molecule has 0 spiro atoms. The largest absolute Gasteiger partial charge is 0.462 e. The van der Waals surface area contributed by atoms with E-state index in [1.807, 2.05) is 18.2 Å². The number of benzene rings is 2. The van der Waals surface area contributed by atoms with E-state index in [2.05, 4.69) is 10.5 Å². The first-order valence-electron chi connectivity index (χ1n) is 11.3. The molecule has 1 N–H and O–H groups in total. The summed E-state index contributed by atoms with van der Waals surface area (Å²) in [6.45, 7) is 1.82. The van der Waals surface area contributed by atoms with E-state index < -0.39 is 11.9 Å². The van der Waals surface area contributed by atoms with Crippen molar-refractivity contribution < 1.29 is 23.6 Å². The van der Waals surface area contributed by atoms with Gasteiger partial charge in [0.1, 0.15) is 5.69 Å². The molecule has 1 heterocycles. The van der Waals surface area contributed by atoms with Gasteiger partial charge in [0.2, 0.25) is 11.8 Å². The molecule has 176 valence electrons. The van der Waals surface area contributed by atoms with Crippen molar-refractivity contribution in [3.05, 3.63) is 69.7 Å². The molecule has 1 aromatic heterocycles. The molecule has 3 aromatic rings. The van der Waals surface area contributed by atoms with E-state index in [4.69, 9.17) is 20.9 Å². The minimum atomic E-state index is -0.672. The number of anilines is 1. The maximum Gasteiger partial charge on any atom is 0.346 e. The number of hydrogen-bond acceptors (Lipinski definition) is 6. The van der Waals surface area contributed by atoms with Gasteiger partial charge in [-0.2, -0.15) is 0 Å². The lowest BCUT2D eigenvalue weighted by atomic mass is 9.89. The van der Waals surface area contributed by atoms with Crippen molar-refractivity contribution in [1.29, 1.82) is 0 Å². The number of amides is 1. The van der Waals surface area contributed by atoms with Gasteiger partial charge in [-0.05, 0) is 61.9 Å². The second-order valence-electron chi connectivity index (χ2n) is 8.12. The predicted octanol–water partition coefficient (Wildman–Crippen LogP) is 5.65.